The van der Waals surface area contributed by atoms with Gasteiger partial charge in [0.1, 0.15) is 0 Å². The standard InChI is InChI=1S/C9H19NS3.Mo/c1-3-5-7-10(8-6-4-2)9(11)12-13-9;/h11H,3-8H2,1-2H3;/q;+1/p-1. The fourth-order valence-electron chi connectivity index (χ4n) is 1.31. The maximum atomic E-state index is 2.67. The van der Waals surface area contributed by atoms with Gasteiger partial charge in [0.25, 0.3) is 0 Å². The van der Waals surface area contributed by atoms with E-state index in [1.807, 2.05) is 31.1 Å². The molecule has 0 radical (unpaired) electrons. The van der Waals surface area contributed by atoms with E-state index in [9.17, 15) is 0 Å². The molecule has 0 bridgehead atoms. The third kappa shape index (κ3) is 3.93. The Balaban J connectivity index is 2.35. The molecule has 14 heavy (non-hydrogen) atoms. The Kier molecular flexibility index (Phi) is 6.99. The van der Waals surface area contributed by atoms with Crippen molar-refractivity contribution in [1.29, 1.82) is 0 Å². The molecule has 0 aromatic carbocycles. The van der Waals surface area contributed by atoms with Crippen molar-refractivity contribution in [2.75, 3.05) is 13.1 Å². The zero-order chi connectivity index (χ0) is 10.4. The second-order valence-corrected chi connectivity index (χ2v) is 8.74. The van der Waals surface area contributed by atoms with Gasteiger partial charge in [0, 0.05) is 0 Å². The van der Waals surface area contributed by atoms with Crippen LogP contribution >= 0.6 is 31.1 Å². The van der Waals surface area contributed by atoms with E-state index in [1.54, 1.807) is 0 Å². The monoisotopic (exact) mass is 334 g/mol. The van der Waals surface area contributed by atoms with E-state index in [4.69, 9.17) is 0 Å². The summed E-state index contributed by atoms with van der Waals surface area (Å²) < 4.78 is 0.398. The van der Waals surface area contributed by atoms with Gasteiger partial charge in [-0.25, -0.2) is 0 Å². The van der Waals surface area contributed by atoms with E-state index in [0.717, 1.165) is 0 Å². The fourth-order valence-corrected chi connectivity index (χ4v) is 8.58. The van der Waals surface area contributed by atoms with E-state index in [-0.39, 0.29) is 0 Å². The molecule has 1 rings (SSSR count). The first-order valence-electron chi connectivity index (χ1n) is 5.22. The molecule has 0 aromatic heterocycles. The molecule has 1 saturated heterocycles. The van der Waals surface area contributed by atoms with Crippen molar-refractivity contribution in [1.82, 2.24) is 4.90 Å². The number of unbranched alkanes of at least 4 members (excludes halogenated alkanes) is 2. The number of hydrogen-bond acceptors (Lipinski definition) is 4. The zero-order valence-electron chi connectivity index (χ0n) is 8.82. The van der Waals surface area contributed by atoms with Crippen LogP contribution in [0.2, 0.25) is 0 Å². The Bertz CT molecular complexity index is 156. The minimum absolute atomic E-state index is 0.398. The second kappa shape index (κ2) is 7.11. The van der Waals surface area contributed by atoms with E-state index in [1.165, 1.54) is 38.8 Å². The summed E-state index contributed by atoms with van der Waals surface area (Å²) in [5, 5.41) is 0. The van der Waals surface area contributed by atoms with E-state index in [0.29, 0.717) is 3.54 Å². The van der Waals surface area contributed by atoms with Crippen LogP contribution in [0.4, 0.5) is 0 Å². The molecular weight excluding hydrogens is 314 g/mol. The van der Waals surface area contributed by atoms with Gasteiger partial charge in [0.15, 0.2) is 0 Å². The van der Waals surface area contributed by atoms with Crippen LogP contribution in [0.25, 0.3) is 0 Å². The van der Waals surface area contributed by atoms with Crippen LogP contribution in [0.1, 0.15) is 39.5 Å². The first-order chi connectivity index (χ1) is 6.79. The molecule has 0 spiro atoms. The summed E-state index contributed by atoms with van der Waals surface area (Å²) in [5.41, 5.74) is 0. The molecule has 5 heteroatoms. The van der Waals surface area contributed by atoms with Gasteiger partial charge in [0.2, 0.25) is 0 Å². The zero-order valence-corrected chi connectivity index (χ0v) is 13.3. The van der Waals surface area contributed by atoms with E-state index in [2.05, 4.69) is 37.3 Å². The SMILES string of the molecule is CCCCN(CCCC)C1([S][Mo])SS1. The van der Waals surface area contributed by atoms with Gasteiger partial charge in [-0.3, -0.25) is 0 Å². The van der Waals surface area contributed by atoms with Crippen LogP contribution in [0.5, 0.6) is 0 Å². The molecular formula is C9H18MoNS3. The fraction of sp³-hybridized carbons (Fsp3) is 1.00. The van der Waals surface area contributed by atoms with Crippen molar-refractivity contribution >= 4 is 31.1 Å². The van der Waals surface area contributed by atoms with Gasteiger partial charge in [-0.05, 0) is 0 Å². The van der Waals surface area contributed by atoms with Gasteiger partial charge in [-0.1, -0.05) is 0 Å². The Hall–Kier alpha value is 1.70. The summed E-state index contributed by atoms with van der Waals surface area (Å²) in [7, 11) is 6.07. The van der Waals surface area contributed by atoms with Gasteiger partial charge < -0.3 is 0 Å². The number of rotatable bonds is 8. The molecule has 1 heterocycles. The van der Waals surface area contributed by atoms with Gasteiger partial charge in [0.05, 0.1) is 0 Å². The van der Waals surface area contributed by atoms with Crippen molar-refractivity contribution in [3.05, 3.63) is 0 Å². The summed E-state index contributed by atoms with van der Waals surface area (Å²) in [6.07, 6.45) is 5.30. The number of nitrogens with zero attached hydrogens (tertiary/aromatic N) is 1. The molecule has 0 unspecified atom stereocenters. The molecule has 1 aliphatic heterocycles. The van der Waals surface area contributed by atoms with Crippen molar-refractivity contribution in [3.8, 4) is 0 Å². The molecule has 1 nitrogen and oxygen atoms in total. The Morgan fingerprint density at radius 1 is 1.14 bits per heavy atom. The first-order valence-corrected chi connectivity index (χ1v) is 10.6. The Labute approximate surface area is 110 Å². The van der Waals surface area contributed by atoms with Crippen molar-refractivity contribution in [2.45, 2.75) is 43.1 Å². The van der Waals surface area contributed by atoms with Crippen molar-refractivity contribution in [3.63, 3.8) is 0 Å². The molecule has 0 amide bonds. The molecule has 83 valence electrons. The molecule has 0 saturated carbocycles. The van der Waals surface area contributed by atoms with Crippen LogP contribution < -0.4 is 0 Å². The van der Waals surface area contributed by atoms with Crippen LogP contribution in [-0.4, -0.2) is 21.5 Å². The Morgan fingerprint density at radius 2 is 1.64 bits per heavy atom. The maximum absolute atomic E-state index is 2.67. The summed E-state index contributed by atoms with van der Waals surface area (Å²) in [6.45, 7) is 7.10. The summed E-state index contributed by atoms with van der Waals surface area (Å²) in [6, 6.07) is 0. The van der Waals surface area contributed by atoms with Crippen LogP contribution in [-0.2, 0) is 18.5 Å². The number of hydrogen-bond donors (Lipinski definition) is 0. The quantitative estimate of drug-likeness (QED) is 0.285. The van der Waals surface area contributed by atoms with Crippen molar-refractivity contribution < 1.29 is 18.5 Å². The average molecular weight is 332 g/mol. The molecule has 1 aliphatic rings. The normalized spacial score (nSPS) is 18.8. The van der Waals surface area contributed by atoms with Gasteiger partial charge >= 0.3 is 111 Å². The van der Waals surface area contributed by atoms with E-state index < -0.39 is 0 Å². The molecule has 0 N–H and O–H groups in total. The topological polar surface area (TPSA) is 3.24 Å². The molecule has 0 aromatic rings. The summed E-state index contributed by atoms with van der Waals surface area (Å²) in [5.74, 6) is 0. The molecule has 1 fully saturated rings. The van der Waals surface area contributed by atoms with Crippen LogP contribution in [0.15, 0.2) is 0 Å². The van der Waals surface area contributed by atoms with Gasteiger partial charge in [-0.15, -0.1) is 0 Å². The predicted octanol–water partition coefficient (Wildman–Crippen LogP) is 4.09. The summed E-state index contributed by atoms with van der Waals surface area (Å²) >= 11 is 2.16. The van der Waals surface area contributed by atoms with Crippen LogP contribution in [0.3, 0.4) is 0 Å². The Morgan fingerprint density at radius 3 is 1.93 bits per heavy atom. The molecule has 0 atom stereocenters. The predicted molar refractivity (Wildman–Crippen MR) is 66.9 cm³/mol. The first kappa shape index (κ1) is 13.8. The van der Waals surface area contributed by atoms with Gasteiger partial charge in [-0.2, -0.15) is 0 Å². The van der Waals surface area contributed by atoms with Crippen LogP contribution in [0, 0.1) is 0 Å². The van der Waals surface area contributed by atoms with E-state index >= 15 is 0 Å². The molecule has 0 aliphatic carbocycles. The third-order valence-corrected chi connectivity index (χ3v) is 10.3. The third-order valence-electron chi connectivity index (χ3n) is 2.28. The summed E-state index contributed by atoms with van der Waals surface area (Å²) in [4.78, 5) is 2.67. The second-order valence-electron chi connectivity index (χ2n) is 3.47. The minimum atomic E-state index is 0.398. The average Bonchev–Trinajstić information content (AvgIpc) is 2.99. The van der Waals surface area contributed by atoms with Crippen molar-refractivity contribution in [2.24, 2.45) is 0 Å².